The van der Waals surface area contributed by atoms with Crippen LogP contribution < -0.4 is 0 Å². The molecule has 74 valence electrons. The van der Waals surface area contributed by atoms with Crippen LogP contribution in [0, 0.1) is 5.92 Å². The van der Waals surface area contributed by atoms with Crippen LogP contribution in [0.2, 0.25) is 0 Å². The van der Waals surface area contributed by atoms with Crippen molar-refractivity contribution in [3.8, 4) is 0 Å². The van der Waals surface area contributed by atoms with Gasteiger partial charge >= 0.3 is 0 Å². The highest BCUT2D eigenvalue weighted by atomic mass is 16.3. The summed E-state index contributed by atoms with van der Waals surface area (Å²) in [4.78, 5) is 0. The van der Waals surface area contributed by atoms with E-state index in [0.29, 0.717) is 5.92 Å². The van der Waals surface area contributed by atoms with Gasteiger partial charge in [0.1, 0.15) is 0 Å². The molecule has 0 aromatic carbocycles. The SMILES string of the molecule is C=C=C(C(O)CC)C1CCCCC1. The van der Waals surface area contributed by atoms with E-state index in [2.05, 4.69) is 12.3 Å². The van der Waals surface area contributed by atoms with Crippen molar-refractivity contribution in [3.05, 3.63) is 17.9 Å². The first-order valence-electron chi connectivity index (χ1n) is 5.37. The molecule has 0 aromatic heterocycles. The van der Waals surface area contributed by atoms with Crippen molar-refractivity contribution >= 4 is 0 Å². The van der Waals surface area contributed by atoms with Gasteiger partial charge in [0.15, 0.2) is 0 Å². The predicted octanol–water partition coefficient (Wildman–Crippen LogP) is 3.05. The van der Waals surface area contributed by atoms with Gasteiger partial charge in [-0.1, -0.05) is 32.8 Å². The van der Waals surface area contributed by atoms with E-state index in [1.807, 2.05) is 6.92 Å². The van der Waals surface area contributed by atoms with E-state index >= 15 is 0 Å². The smallest absolute Gasteiger partial charge is 0.0823 e. The molecule has 0 bridgehead atoms. The van der Waals surface area contributed by atoms with Crippen molar-refractivity contribution in [1.29, 1.82) is 0 Å². The first-order chi connectivity index (χ1) is 6.29. The first-order valence-corrected chi connectivity index (χ1v) is 5.37. The quantitative estimate of drug-likeness (QED) is 0.662. The molecule has 0 aromatic rings. The fourth-order valence-electron chi connectivity index (χ4n) is 2.17. The summed E-state index contributed by atoms with van der Waals surface area (Å²) in [5.74, 6) is 0.557. The molecule has 0 radical (unpaired) electrons. The normalized spacial score (nSPS) is 20.8. The van der Waals surface area contributed by atoms with Gasteiger partial charge in [0, 0.05) is 5.57 Å². The third kappa shape index (κ3) is 2.72. The van der Waals surface area contributed by atoms with Crippen molar-refractivity contribution in [2.75, 3.05) is 0 Å². The van der Waals surface area contributed by atoms with Crippen molar-refractivity contribution < 1.29 is 5.11 Å². The molecule has 1 aliphatic rings. The Kier molecular flexibility index (Phi) is 4.27. The van der Waals surface area contributed by atoms with Gasteiger partial charge < -0.3 is 5.11 Å². The van der Waals surface area contributed by atoms with Crippen LogP contribution in [0.3, 0.4) is 0 Å². The first kappa shape index (κ1) is 10.6. The van der Waals surface area contributed by atoms with Gasteiger partial charge in [-0.2, -0.15) is 0 Å². The second kappa shape index (κ2) is 5.26. The second-order valence-electron chi connectivity index (χ2n) is 3.89. The molecule has 1 unspecified atom stereocenters. The van der Waals surface area contributed by atoms with E-state index in [9.17, 15) is 5.11 Å². The Morgan fingerprint density at radius 2 is 2.08 bits per heavy atom. The Balaban J connectivity index is 2.60. The molecule has 1 atom stereocenters. The highest BCUT2D eigenvalue weighted by Crippen LogP contribution is 2.31. The van der Waals surface area contributed by atoms with Gasteiger partial charge in [0.05, 0.1) is 6.10 Å². The third-order valence-corrected chi connectivity index (χ3v) is 2.99. The van der Waals surface area contributed by atoms with Gasteiger partial charge in [-0.15, -0.1) is 5.73 Å². The summed E-state index contributed by atoms with van der Waals surface area (Å²) in [5.41, 5.74) is 4.00. The molecule has 0 saturated heterocycles. The average molecular weight is 180 g/mol. The average Bonchev–Trinajstić information content (AvgIpc) is 2.20. The van der Waals surface area contributed by atoms with E-state index < -0.39 is 0 Å². The second-order valence-corrected chi connectivity index (χ2v) is 3.89. The van der Waals surface area contributed by atoms with Crippen molar-refractivity contribution in [2.24, 2.45) is 5.92 Å². The maximum absolute atomic E-state index is 9.73. The van der Waals surface area contributed by atoms with Crippen LogP contribution in [0.1, 0.15) is 45.4 Å². The summed E-state index contributed by atoms with van der Waals surface area (Å²) < 4.78 is 0. The minimum atomic E-state index is -0.305. The van der Waals surface area contributed by atoms with Gasteiger partial charge in [-0.05, 0) is 25.2 Å². The lowest BCUT2D eigenvalue weighted by Gasteiger charge is -2.25. The molecular formula is C12H20O. The van der Waals surface area contributed by atoms with E-state index in [4.69, 9.17) is 0 Å². The molecule has 1 heteroatoms. The molecule has 1 aliphatic carbocycles. The Labute approximate surface area is 81.2 Å². The van der Waals surface area contributed by atoms with Gasteiger partial charge in [0.25, 0.3) is 0 Å². The molecule has 0 aliphatic heterocycles. The number of hydrogen-bond acceptors (Lipinski definition) is 1. The Morgan fingerprint density at radius 3 is 2.54 bits per heavy atom. The van der Waals surface area contributed by atoms with Crippen LogP contribution in [0.5, 0.6) is 0 Å². The molecule has 1 rings (SSSR count). The summed E-state index contributed by atoms with van der Waals surface area (Å²) in [5, 5.41) is 9.73. The summed E-state index contributed by atoms with van der Waals surface area (Å²) in [6.45, 7) is 5.69. The highest BCUT2D eigenvalue weighted by molar-refractivity contribution is 5.10. The van der Waals surface area contributed by atoms with Crippen molar-refractivity contribution in [2.45, 2.75) is 51.6 Å². The molecule has 0 heterocycles. The molecule has 1 N–H and O–H groups in total. The number of aliphatic hydroxyl groups excluding tert-OH is 1. The maximum Gasteiger partial charge on any atom is 0.0823 e. The monoisotopic (exact) mass is 180 g/mol. The third-order valence-electron chi connectivity index (χ3n) is 2.99. The van der Waals surface area contributed by atoms with Crippen molar-refractivity contribution in [1.82, 2.24) is 0 Å². The summed E-state index contributed by atoms with van der Waals surface area (Å²) in [7, 11) is 0. The van der Waals surface area contributed by atoms with E-state index in [1.54, 1.807) is 0 Å². The standard InChI is InChI=1S/C12H20O/c1-3-11(12(13)4-2)10-8-6-5-7-9-10/h10,12-13H,1,4-9H2,2H3. The zero-order valence-electron chi connectivity index (χ0n) is 8.55. The van der Waals surface area contributed by atoms with Gasteiger partial charge in [0.2, 0.25) is 0 Å². The minimum Gasteiger partial charge on any atom is -0.388 e. The summed E-state index contributed by atoms with van der Waals surface area (Å²) >= 11 is 0. The largest absolute Gasteiger partial charge is 0.388 e. The minimum absolute atomic E-state index is 0.305. The van der Waals surface area contributed by atoms with Crippen LogP contribution in [-0.2, 0) is 0 Å². The molecular weight excluding hydrogens is 160 g/mol. The molecule has 13 heavy (non-hydrogen) atoms. The van der Waals surface area contributed by atoms with Crippen LogP contribution >= 0.6 is 0 Å². The molecule has 1 nitrogen and oxygen atoms in total. The fourth-order valence-corrected chi connectivity index (χ4v) is 2.17. The molecule has 0 spiro atoms. The lowest BCUT2D eigenvalue weighted by Crippen LogP contribution is -2.18. The Morgan fingerprint density at radius 1 is 1.46 bits per heavy atom. The highest BCUT2D eigenvalue weighted by Gasteiger charge is 2.21. The van der Waals surface area contributed by atoms with Crippen LogP contribution in [0.25, 0.3) is 0 Å². The molecule has 1 fully saturated rings. The van der Waals surface area contributed by atoms with Gasteiger partial charge in [-0.3, -0.25) is 0 Å². The predicted molar refractivity (Wildman–Crippen MR) is 55.5 cm³/mol. The number of hydrogen-bond donors (Lipinski definition) is 1. The van der Waals surface area contributed by atoms with Crippen LogP contribution in [-0.4, -0.2) is 11.2 Å². The zero-order valence-corrected chi connectivity index (χ0v) is 8.55. The fraction of sp³-hybridized carbons (Fsp3) is 0.750. The van der Waals surface area contributed by atoms with Gasteiger partial charge in [-0.25, -0.2) is 0 Å². The van der Waals surface area contributed by atoms with E-state index in [-0.39, 0.29) is 6.10 Å². The number of aliphatic hydroxyl groups is 1. The Bertz CT molecular complexity index is 195. The van der Waals surface area contributed by atoms with E-state index in [0.717, 1.165) is 12.0 Å². The van der Waals surface area contributed by atoms with E-state index in [1.165, 1.54) is 32.1 Å². The van der Waals surface area contributed by atoms with Crippen LogP contribution in [0.15, 0.2) is 17.9 Å². The topological polar surface area (TPSA) is 20.2 Å². The molecule has 1 saturated carbocycles. The Hall–Kier alpha value is -0.520. The lowest BCUT2D eigenvalue weighted by molar-refractivity contribution is 0.184. The molecule has 0 amide bonds. The lowest BCUT2D eigenvalue weighted by atomic mass is 9.81. The zero-order chi connectivity index (χ0) is 9.68. The van der Waals surface area contributed by atoms with Crippen molar-refractivity contribution in [3.63, 3.8) is 0 Å². The maximum atomic E-state index is 9.73. The number of rotatable bonds is 3. The van der Waals surface area contributed by atoms with Crippen LogP contribution in [0.4, 0.5) is 0 Å². The summed E-state index contributed by atoms with van der Waals surface area (Å²) in [6, 6.07) is 0. The summed E-state index contributed by atoms with van der Waals surface area (Å²) in [6.07, 6.45) is 6.86.